The number of aliphatic hydroxyl groups is 1. The number of nitrogens with one attached hydrogen (secondary N) is 1. The fourth-order valence-corrected chi connectivity index (χ4v) is 6.33. The van der Waals surface area contributed by atoms with Gasteiger partial charge in [-0.3, -0.25) is 23.4 Å². The summed E-state index contributed by atoms with van der Waals surface area (Å²) in [5.41, 5.74) is -1.03. The minimum Gasteiger partial charge on any atom is -0.387 e. The third-order valence-electron chi connectivity index (χ3n) is 4.65. The molecule has 2 rings (SSSR count). The van der Waals surface area contributed by atoms with E-state index in [0.717, 1.165) is 15.9 Å². The van der Waals surface area contributed by atoms with Crippen molar-refractivity contribution < 1.29 is 32.9 Å². The van der Waals surface area contributed by atoms with Gasteiger partial charge in [0, 0.05) is 24.6 Å². The lowest BCUT2D eigenvalue weighted by molar-refractivity contribution is -0.0789. The summed E-state index contributed by atoms with van der Waals surface area (Å²) in [7, 11) is 1.48. The van der Waals surface area contributed by atoms with Crippen molar-refractivity contribution in [2.45, 2.75) is 44.3 Å². The maximum absolute atomic E-state index is 13.0. The lowest BCUT2D eigenvalue weighted by atomic mass is 10.1. The molecule has 0 bridgehead atoms. The second kappa shape index (κ2) is 13.8. The largest absolute Gasteiger partial charge is 0.389 e. The molecule has 0 radical (unpaired) electrons. The summed E-state index contributed by atoms with van der Waals surface area (Å²) >= 11 is 0.745. The van der Waals surface area contributed by atoms with E-state index in [1.54, 1.807) is 0 Å². The molecule has 0 aromatic carbocycles. The van der Waals surface area contributed by atoms with Gasteiger partial charge < -0.3 is 19.3 Å². The Bertz CT molecular complexity index is 1030. The van der Waals surface area contributed by atoms with E-state index in [4.69, 9.17) is 33.8 Å². The summed E-state index contributed by atoms with van der Waals surface area (Å²) in [5, 5.41) is 28.3. The first-order valence-corrected chi connectivity index (χ1v) is 13.4. The second-order valence-corrected chi connectivity index (χ2v) is 11.2. The van der Waals surface area contributed by atoms with E-state index in [0.29, 0.717) is 0 Å². The Kier molecular flexibility index (Phi) is 11.4. The van der Waals surface area contributed by atoms with Crippen LogP contribution in [-0.2, 0) is 27.8 Å². The number of methoxy groups -OCH3 is 1. The summed E-state index contributed by atoms with van der Waals surface area (Å²) < 4.78 is 41.2. The van der Waals surface area contributed by atoms with E-state index in [9.17, 15) is 19.3 Å². The first-order valence-electron chi connectivity index (χ1n) is 10.3. The van der Waals surface area contributed by atoms with Crippen LogP contribution in [0.25, 0.3) is 0 Å². The first-order chi connectivity index (χ1) is 16.3. The van der Waals surface area contributed by atoms with Gasteiger partial charge >= 0.3 is 12.5 Å². The molecule has 1 aromatic rings. The molecule has 13 nitrogen and oxygen atoms in total. The minimum absolute atomic E-state index is 0.0132. The van der Waals surface area contributed by atoms with Gasteiger partial charge in [-0.15, -0.1) is 0 Å². The number of aromatic nitrogens is 2. The molecule has 2 heterocycles. The van der Waals surface area contributed by atoms with Crippen LogP contribution in [0.2, 0.25) is 0 Å². The number of hydrogen-bond donors (Lipinski definition) is 2. The van der Waals surface area contributed by atoms with Gasteiger partial charge in [-0.2, -0.15) is 10.5 Å². The third kappa shape index (κ3) is 7.77. The van der Waals surface area contributed by atoms with Crippen molar-refractivity contribution in [2.24, 2.45) is 0 Å². The van der Waals surface area contributed by atoms with Gasteiger partial charge in [-0.05, 0) is 18.3 Å². The number of aromatic amines is 1. The predicted molar refractivity (Wildman–Crippen MR) is 120 cm³/mol. The van der Waals surface area contributed by atoms with Gasteiger partial charge in [0.15, 0.2) is 6.23 Å². The molecule has 1 aliphatic rings. The smallest absolute Gasteiger partial charge is 0.387 e. The summed E-state index contributed by atoms with van der Waals surface area (Å²) in [4.78, 5) is 26.3. The zero-order valence-electron chi connectivity index (χ0n) is 18.7. The Labute approximate surface area is 199 Å². The fraction of sp³-hybridized carbons (Fsp3) is 0.684. The minimum atomic E-state index is -3.77. The third-order valence-corrected chi connectivity index (χ3v) is 8.47. The van der Waals surface area contributed by atoms with Crippen LogP contribution in [0.1, 0.15) is 24.6 Å². The number of hydrogen-bond acceptors (Lipinski definition) is 12. The highest BCUT2D eigenvalue weighted by molar-refractivity contribution is 8.55. The van der Waals surface area contributed by atoms with Crippen molar-refractivity contribution in [3.05, 3.63) is 32.6 Å². The topological polar surface area (TPSA) is 186 Å². The molecule has 1 aliphatic heterocycles. The Morgan fingerprint density at radius 3 is 2.44 bits per heavy atom. The van der Waals surface area contributed by atoms with Crippen molar-refractivity contribution in [1.29, 1.82) is 10.5 Å². The maximum Gasteiger partial charge on any atom is 0.389 e. The van der Waals surface area contributed by atoms with Gasteiger partial charge in [0.05, 0.1) is 57.5 Å². The number of aryl methyl sites for hydroxylation is 1. The van der Waals surface area contributed by atoms with E-state index in [1.165, 1.54) is 20.2 Å². The van der Waals surface area contributed by atoms with Crippen LogP contribution in [0, 0.1) is 29.6 Å². The van der Waals surface area contributed by atoms with Gasteiger partial charge in [0.25, 0.3) is 5.56 Å². The number of ether oxygens (including phenoxy) is 3. The molecule has 15 heteroatoms. The van der Waals surface area contributed by atoms with Crippen LogP contribution in [0.3, 0.4) is 0 Å². The van der Waals surface area contributed by atoms with Gasteiger partial charge in [-0.1, -0.05) is 0 Å². The highest BCUT2D eigenvalue weighted by Crippen LogP contribution is 2.61. The number of aliphatic hydroxyl groups excluding tert-OH is 1. The zero-order chi connectivity index (χ0) is 25.1. The van der Waals surface area contributed by atoms with Crippen molar-refractivity contribution in [1.82, 2.24) is 9.55 Å². The molecule has 4 atom stereocenters. The summed E-state index contributed by atoms with van der Waals surface area (Å²) in [6.07, 6.45) is -2.99. The molecule has 34 heavy (non-hydrogen) atoms. The van der Waals surface area contributed by atoms with Crippen molar-refractivity contribution in [2.75, 3.05) is 39.3 Å². The normalized spacial score (nSPS) is 22.4. The molecule has 1 saturated heterocycles. The van der Waals surface area contributed by atoms with Crippen molar-refractivity contribution >= 4 is 18.2 Å². The van der Waals surface area contributed by atoms with Gasteiger partial charge in [0.1, 0.15) is 12.2 Å². The quantitative estimate of drug-likeness (QED) is 0.261. The molecule has 0 aliphatic carbocycles. The van der Waals surface area contributed by atoms with Crippen LogP contribution in [0.5, 0.6) is 0 Å². The van der Waals surface area contributed by atoms with Crippen LogP contribution in [0.4, 0.5) is 0 Å². The Balaban J connectivity index is 2.21. The lowest BCUT2D eigenvalue weighted by Gasteiger charge is -2.22. The molecule has 1 aromatic heterocycles. The summed E-state index contributed by atoms with van der Waals surface area (Å²) in [5.74, 6) is -0.0741. The second-order valence-electron chi connectivity index (χ2n) is 7.09. The van der Waals surface area contributed by atoms with Crippen LogP contribution < -0.4 is 11.2 Å². The fourth-order valence-electron chi connectivity index (χ4n) is 2.99. The van der Waals surface area contributed by atoms with Crippen LogP contribution in [-0.4, -0.2) is 72.3 Å². The molecule has 0 spiro atoms. The number of rotatable bonds is 14. The van der Waals surface area contributed by atoms with E-state index < -0.39 is 42.6 Å². The average Bonchev–Trinajstić information content (AvgIpc) is 3.11. The SMILES string of the molecule is COCCO[C@@H]1[C@H](O)[C@@H](CSP(=O)(OCCC#N)OCCC#N)O[C@H]1n1cc(C)c(=O)[nH]c1=O. The Morgan fingerprint density at radius 1 is 1.21 bits per heavy atom. The van der Waals surface area contributed by atoms with E-state index in [2.05, 4.69) is 4.98 Å². The Hall–Kier alpha value is -2.00. The monoisotopic (exact) mass is 518 g/mol. The molecule has 2 N–H and O–H groups in total. The number of nitrogens with zero attached hydrogens (tertiary/aromatic N) is 3. The van der Waals surface area contributed by atoms with Crippen molar-refractivity contribution in [3.63, 3.8) is 0 Å². The molecule has 1 fully saturated rings. The number of H-pyrrole nitrogens is 1. The summed E-state index contributed by atoms with van der Waals surface area (Å²) in [6, 6.07) is 3.73. The van der Waals surface area contributed by atoms with Gasteiger partial charge in [-0.25, -0.2) is 9.36 Å². The molecule has 188 valence electrons. The zero-order valence-corrected chi connectivity index (χ0v) is 20.5. The molecular weight excluding hydrogens is 491 g/mol. The van der Waals surface area contributed by atoms with E-state index >= 15 is 0 Å². The number of nitriles is 2. The van der Waals surface area contributed by atoms with E-state index in [-0.39, 0.29) is 50.6 Å². The molecular formula is C19H27N4O9PS. The highest BCUT2D eigenvalue weighted by atomic mass is 32.7. The highest BCUT2D eigenvalue weighted by Gasteiger charge is 2.47. The average molecular weight is 518 g/mol. The van der Waals surface area contributed by atoms with Crippen molar-refractivity contribution in [3.8, 4) is 12.1 Å². The Morgan fingerprint density at radius 2 is 1.85 bits per heavy atom. The lowest BCUT2D eigenvalue weighted by Crippen LogP contribution is -2.40. The van der Waals surface area contributed by atoms with Crippen LogP contribution >= 0.6 is 18.2 Å². The molecule has 0 saturated carbocycles. The standard InChI is InChI=1S/C19H27N4O9PS/c1-13-11-23(19(26)22-17(13)25)18-16(29-10-9-28-2)15(24)14(32-18)12-34-33(27,30-7-3-5-20)31-8-4-6-21/h11,14-16,18,24H,3-4,7-10,12H2,1-2H3,(H,22,25,26)/t14-,15-,16-,18-/m1/s1. The van der Waals surface area contributed by atoms with E-state index in [1.807, 2.05) is 12.1 Å². The van der Waals surface area contributed by atoms with Crippen LogP contribution in [0.15, 0.2) is 15.8 Å². The molecule has 0 unspecified atom stereocenters. The van der Waals surface area contributed by atoms with Gasteiger partial charge in [0.2, 0.25) is 0 Å². The predicted octanol–water partition coefficient (Wildman–Crippen LogP) is 0.837. The maximum atomic E-state index is 13.0. The summed E-state index contributed by atoms with van der Waals surface area (Å²) in [6.45, 7) is -2.21. The first kappa shape index (κ1) is 28.2. The molecule has 0 amide bonds.